The molecule has 0 bridgehead atoms. The van der Waals surface area contributed by atoms with E-state index in [1.165, 1.54) is 12.1 Å². The third-order valence-corrected chi connectivity index (χ3v) is 4.13. The highest BCUT2D eigenvalue weighted by Crippen LogP contribution is 2.30. The first-order chi connectivity index (χ1) is 9.99. The van der Waals surface area contributed by atoms with Crippen molar-refractivity contribution < 1.29 is 8.78 Å². The molecule has 1 aliphatic heterocycles. The molecular weight excluding hydrogens is 270 g/mol. The molecule has 1 aromatic carbocycles. The first kappa shape index (κ1) is 16.2. The van der Waals surface area contributed by atoms with Gasteiger partial charge in [0.2, 0.25) is 0 Å². The standard InChI is InChI=1S/C17H26F2N2/c1-12(2)20-11-14-9-15(18)17(16(19)10-14)21-8-6-4-5-7-13(21)3/h9-10,12-13,20H,4-8,11H2,1-3H3. The van der Waals surface area contributed by atoms with Crippen LogP contribution in [0.5, 0.6) is 0 Å². The molecule has 4 heteroatoms. The second-order valence-corrected chi connectivity index (χ2v) is 6.34. The van der Waals surface area contributed by atoms with Gasteiger partial charge in [0, 0.05) is 25.2 Å². The Kier molecular flexibility index (Phi) is 5.57. The number of nitrogens with one attached hydrogen (secondary N) is 1. The van der Waals surface area contributed by atoms with Crippen LogP contribution in [0, 0.1) is 11.6 Å². The molecule has 2 nitrogen and oxygen atoms in total. The fraction of sp³-hybridized carbons (Fsp3) is 0.647. The maximum absolute atomic E-state index is 14.4. The zero-order valence-electron chi connectivity index (χ0n) is 13.3. The zero-order valence-corrected chi connectivity index (χ0v) is 13.3. The third-order valence-electron chi connectivity index (χ3n) is 4.13. The molecule has 1 atom stereocenters. The Morgan fingerprint density at radius 2 is 1.86 bits per heavy atom. The van der Waals surface area contributed by atoms with Crippen molar-refractivity contribution in [1.82, 2.24) is 5.32 Å². The molecule has 0 aromatic heterocycles. The maximum atomic E-state index is 14.4. The number of hydrogen-bond donors (Lipinski definition) is 1. The van der Waals surface area contributed by atoms with E-state index in [0.29, 0.717) is 18.2 Å². The Morgan fingerprint density at radius 1 is 1.19 bits per heavy atom. The van der Waals surface area contributed by atoms with E-state index in [-0.39, 0.29) is 11.7 Å². The van der Waals surface area contributed by atoms with E-state index in [4.69, 9.17) is 0 Å². The highest BCUT2D eigenvalue weighted by molar-refractivity contribution is 5.51. The van der Waals surface area contributed by atoms with Crippen LogP contribution in [0.4, 0.5) is 14.5 Å². The van der Waals surface area contributed by atoms with Crippen molar-refractivity contribution in [3.63, 3.8) is 0 Å². The van der Waals surface area contributed by atoms with Crippen molar-refractivity contribution in [2.75, 3.05) is 11.4 Å². The van der Waals surface area contributed by atoms with Gasteiger partial charge in [-0.3, -0.25) is 0 Å². The fourth-order valence-electron chi connectivity index (χ4n) is 2.92. The molecule has 1 unspecified atom stereocenters. The minimum absolute atomic E-state index is 0.151. The van der Waals surface area contributed by atoms with Gasteiger partial charge in [-0.25, -0.2) is 8.78 Å². The van der Waals surface area contributed by atoms with E-state index in [1.807, 2.05) is 18.7 Å². The number of halogens is 2. The van der Waals surface area contributed by atoms with Gasteiger partial charge < -0.3 is 10.2 Å². The van der Waals surface area contributed by atoms with Crippen molar-refractivity contribution >= 4 is 5.69 Å². The third kappa shape index (κ3) is 4.16. The van der Waals surface area contributed by atoms with Crippen LogP contribution in [0.25, 0.3) is 0 Å². The number of hydrogen-bond acceptors (Lipinski definition) is 2. The highest BCUT2D eigenvalue weighted by atomic mass is 19.1. The second kappa shape index (κ2) is 7.21. The minimum atomic E-state index is -0.440. The number of rotatable bonds is 4. The summed E-state index contributed by atoms with van der Waals surface area (Å²) in [6.45, 7) is 7.30. The van der Waals surface area contributed by atoms with E-state index < -0.39 is 11.6 Å². The largest absolute Gasteiger partial charge is 0.364 e. The van der Waals surface area contributed by atoms with Gasteiger partial charge in [0.25, 0.3) is 0 Å². The summed E-state index contributed by atoms with van der Waals surface area (Å²) in [5.74, 6) is -0.881. The molecule has 1 saturated heterocycles. The summed E-state index contributed by atoms with van der Waals surface area (Å²) in [6.07, 6.45) is 4.27. The lowest BCUT2D eigenvalue weighted by atomic mass is 10.1. The Balaban J connectivity index is 2.23. The summed E-state index contributed by atoms with van der Waals surface area (Å²) >= 11 is 0. The number of nitrogens with zero attached hydrogens (tertiary/aromatic N) is 1. The van der Waals surface area contributed by atoms with Gasteiger partial charge in [0.15, 0.2) is 0 Å². The van der Waals surface area contributed by atoms with Gasteiger partial charge in [-0.1, -0.05) is 26.7 Å². The maximum Gasteiger partial charge on any atom is 0.149 e. The average Bonchev–Trinajstić information content (AvgIpc) is 2.61. The minimum Gasteiger partial charge on any atom is -0.364 e. The van der Waals surface area contributed by atoms with Crippen molar-refractivity contribution in [1.29, 1.82) is 0 Å². The van der Waals surface area contributed by atoms with Crippen LogP contribution in [0.15, 0.2) is 12.1 Å². The topological polar surface area (TPSA) is 15.3 Å². The SMILES string of the molecule is CC(C)NCc1cc(F)c(N2CCCCCC2C)c(F)c1. The van der Waals surface area contributed by atoms with Crippen LogP contribution in [0.1, 0.15) is 52.0 Å². The fourth-order valence-corrected chi connectivity index (χ4v) is 2.92. The quantitative estimate of drug-likeness (QED) is 0.894. The Hall–Kier alpha value is -1.16. The summed E-state index contributed by atoms with van der Waals surface area (Å²) in [5.41, 5.74) is 0.808. The van der Waals surface area contributed by atoms with Crippen LogP contribution < -0.4 is 10.2 Å². The van der Waals surface area contributed by atoms with Crippen LogP contribution >= 0.6 is 0 Å². The molecule has 0 aliphatic carbocycles. The number of benzene rings is 1. The molecule has 1 fully saturated rings. The van der Waals surface area contributed by atoms with Gasteiger partial charge >= 0.3 is 0 Å². The molecule has 1 N–H and O–H groups in total. The zero-order chi connectivity index (χ0) is 15.4. The number of anilines is 1. The molecule has 2 rings (SSSR count). The lowest BCUT2D eigenvalue weighted by Crippen LogP contribution is -2.34. The predicted molar refractivity (Wildman–Crippen MR) is 83.6 cm³/mol. The second-order valence-electron chi connectivity index (χ2n) is 6.34. The van der Waals surface area contributed by atoms with Gasteiger partial charge in [0.05, 0.1) is 0 Å². The molecule has 1 aliphatic rings. The molecule has 0 radical (unpaired) electrons. The molecule has 21 heavy (non-hydrogen) atoms. The monoisotopic (exact) mass is 296 g/mol. The molecule has 1 heterocycles. The Labute approximate surface area is 126 Å². The molecule has 0 saturated carbocycles. The summed E-state index contributed by atoms with van der Waals surface area (Å²) in [5, 5.41) is 3.19. The molecule has 1 aromatic rings. The van der Waals surface area contributed by atoms with E-state index in [1.54, 1.807) is 0 Å². The molecular formula is C17H26F2N2. The lowest BCUT2D eigenvalue weighted by molar-refractivity contribution is 0.536. The molecule has 0 spiro atoms. The van der Waals surface area contributed by atoms with Crippen molar-refractivity contribution in [2.24, 2.45) is 0 Å². The average molecular weight is 296 g/mol. The Bertz CT molecular complexity index is 451. The first-order valence-electron chi connectivity index (χ1n) is 7.97. The molecule has 118 valence electrons. The van der Waals surface area contributed by atoms with Crippen molar-refractivity contribution in [3.8, 4) is 0 Å². The van der Waals surface area contributed by atoms with Crippen LogP contribution in [-0.2, 0) is 6.54 Å². The molecule has 0 amide bonds. The van der Waals surface area contributed by atoms with E-state index in [9.17, 15) is 8.78 Å². The van der Waals surface area contributed by atoms with Crippen LogP contribution in [0.2, 0.25) is 0 Å². The summed E-state index contributed by atoms with van der Waals surface area (Å²) in [6, 6.07) is 3.41. The smallest absolute Gasteiger partial charge is 0.149 e. The van der Waals surface area contributed by atoms with E-state index in [0.717, 1.165) is 32.2 Å². The van der Waals surface area contributed by atoms with Gasteiger partial charge in [-0.15, -0.1) is 0 Å². The lowest BCUT2D eigenvalue weighted by Gasteiger charge is -2.30. The Morgan fingerprint density at radius 3 is 2.48 bits per heavy atom. The highest BCUT2D eigenvalue weighted by Gasteiger charge is 2.23. The van der Waals surface area contributed by atoms with Gasteiger partial charge in [0.1, 0.15) is 17.3 Å². The van der Waals surface area contributed by atoms with Gasteiger partial charge in [-0.2, -0.15) is 0 Å². The first-order valence-corrected chi connectivity index (χ1v) is 7.97. The summed E-state index contributed by atoms with van der Waals surface area (Å²) < 4.78 is 28.8. The normalized spacial score (nSPS) is 19.9. The van der Waals surface area contributed by atoms with Gasteiger partial charge in [-0.05, 0) is 37.5 Å². The predicted octanol–water partition coefficient (Wildman–Crippen LogP) is 4.23. The van der Waals surface area contributed by atoms with Crippen molar-refractivity contribution in [2.45, 2.75) is 65.1 Å². The van der Waals surface area contributed by atoms with E-state index in [2.05, 4.69) is 12.2 Å². The van der Waals surface area contributed by atoms with Crippen LogP contribution in [-0.4, -0.2) is 18.6 Å². The van der Waals surface area contributed by atoms with Crippen LogP contribution in [0.3, 0.4) is 0 Å². The summed E-state index contributed by atoms with van der Waals surface area (Å²) in [7, 11) is 0. The van der Waals surface area contributed by atoms with E-state index >= 15 is 0 Å². The van der Waals surface area contributed by atoms with Crippen molar-refractivity contribution in [3.05, 3.63) is 29.3 Å². The summed E-state index contributed by atoms with van der Waals surface area (Å²) in [4.78, 5) is 1.90.